The number of amides is 1. The van der Waals surface area contributed by atoms with Crippen molar-refractivity contribution in [2.45, 2.75) is 20.3 Å². The van der Waals surface area contributed by atoms with Crippen molar-refractivity contribution in [3.8, 4) is 0 Å². The lowest BCUT2D eigenvalue weighted by atomic mass is 9.89. The Kier molecular flexibility index (Phi) is 3.32. The quantitative estimate of drug-likeness (QED) is 0.363. The van der Waals surface area contributed by atoms with Crippen LogP contribution in [0.15, 0.2) is 0 Å². The third-order valence-electron chi connectivity index (χ3n) is 1.23. The van der Waals surface area contributed by atoms with Gasteiger partial charge >= 0.3 is 0 Å². The lowest BCUT2D eigenvalue weighted by Crippen LogP contribution is -2.36. The Morgan fingerprint density at radius 2 is 2.10 bits per heavy atom. The molecule has 60 valence electrons. The number of nitrogens with two attached hydrogens (primary N) is 2. The number of carbonyl (C=O) groups is 1. The summed E-state index contributed by atoms with van der Waals surface area (Å²) in [7, 11) is 0. The summed E-state index contributed by atoms with van der Waals surface area (Å²) in [6, 6.07) is 0. The summed E-state index contributed by atoms with van der Waals surface area (Å²) in [5.41, 5.74) is 7.37. The van der Waals surface area contributed by atoms with E-state index in [1.54, 1.807) is 0 Å². The van der Waals surface area contributed by atoms with Gasteiger partial charge in [0.1, 0.15) is 0 Å². The second-order valence-electron chi connectivity index (χ2n) is 3.19. The molecule has 0 unspecified atom stereocenters. The molecule has 0 aromatic rings. The molecule has 0 saturated heterocycles. The summed E-state index contributed by atoms with van der Waals surface area (Å²) >= 11 is 0. The van der Waals surface area contributed by atoms with E-state index in [2.05, 4.69) is 5.43 Å². The van der Waals surface area contributed by atoms with Crippen LogP contribution in [0.1, 0.15) is 20.3 Å². The fraction of sp³-hybridized carbons (Fsp3) is 0.833. The second-order valence-corrected chi connectivity index (χ2v) is 3.19. The number of rotatable bonds is 4. The first-order valence-corrected chi connectivity index (χ1v) is 3.20. The van der Waals surface area contributed by atoms with Crippen molar-refractivity contribution in [3.63, 3.8) is 0 Å². The van der Waals surface area contributed by atoms with Gasteiger partial charge in [-0.15, -0.1) is 0 Å². The van der Waals surface area contributed by atoms with Crippen molar-refractivity contribution in [2.75, 3.05) is 6.54 Å². The molecule has 0 aliphatic heterocycles. The van der Waals surface area contributed by atoms with E-state index in [1.807, 2.05) is 13.8 Å². The van der Waals surface area contributed by atoms with Crippen LogP contribution in [0.25, 0.3) is 0 Å². The van der Waals surface area contributed by atoms with Crippen LogP contribution in [0.4, 0.5) is 0 Å². The monoisotopic (exact) mass is 145 g/mol. The molecule has 0 rings (SSSR count). The molecule has 0 aromatic carbocycles. The number of hydrogen-bond acceptors (Lipinski definition) is 3. The molecule has 5 N–H and O–H groups in total. The Hall–Kier alpha value is -0.610. The number of nitrogens with one attached hydrogen (secondary N) is 1. The average molecular weight is 145 g/mol. The molecule has 1 amide bonds. The molecule has 0 radical (unpaired) electrons. The average Bonchev–Trinajstić information content (AvgIpc) is 1.59. The van der Waals surface area contributed by atoms with E-state index in [9.17, 15) is 4.79 Å². The lowest BCUT2D eigenvalue weighted by Gasteiger charge is -2.21. The van der Waals surface area contributed by atoms with Crippen molar-refractivity contribution >= 4 is 5.91 Å². The van der Waals surface area contributed by atoms with E-state index in [1.165, 1.54) is 0 Å². The third-order valence-corrected chi connectivity index (χ3v) is 1.23. The maximum Gasteiger partial charge on any atom is 0.218 e. The van der Waals surface area contributed by atoms with Gasteiger partial charge in [0.15, 0.2) is 0 Å². The smallest absolute Gasteiger partial charge is 0.218 e. The summed E-state index contributed by atoms with van der Waals surface area (Å²) in [4.78, 5) is 10.4. The zero-order valence-corrected chi connectivity index (χ0v) is 6.48. The van der Waals surface area contributed by atoms with Gasteiger partial charge in [0.2, 0.25) is 5.91 Å². The molecule has 0 spiro atoms. The van der Waals surface area contributed by atoms with Crippen molar-refractivity contribution in [3.05, 3.63) is 0 Å². The Morgan fingerprint density at radius 3 is 2.40 bits per heavy atom. The Morgan fingerprint density at radius 1 is 1.60 bits per heavy atom. The lowest BCUT2D eigenvalue weighted by molar-refractivity contribution is -0.119. The van der Waals surface area contributed by atoms with Crippen LogP contribution in [0.5, 0.6) is 0 Å². The normalized spacial score (nSPS) is 11.5. The first-order valence-electron chi connectivity index (χ1n) is 3.20. The highest BCUT2D eigenvalue weighted by molar-refractivity contribution is 5.74. The molecule has 0 fully saturated rings. The molecule has 0 aromatic heterocycles. The van der Waals surface area contributed by atoms with Crippen molar-refractivity contribution < 1.29 is 4.79 Å². The summed E-state index contributed by atoms with van der Waals surface area (Å²) in [6.07, 6.45) is 0.358. The van der Waals surface area contributed by atoms with Gasteiger partial charge in [0.05, 0.1) is 0 Å². The van der Waals surface area contributed by atoms with Crippen LogP contribution in [-0.2, 0) is 4.79 Å². The molecule has 0 saturated carbocycles. The molecular formula is C6H15N3O. The maximum absolute atomic E-state index is 10.4. The highest BCUT2D eigenvalue weighted by Crippen LogP contribution is 2.17. The standard InChI is InChI=1S/C6H15N3O/c1-6(2,4-9-8)3-5(7)10/h9H,3-4,8H2,1-2H3,(H2,7,10). The first kappa shape index (κ1) is 9.39. The Labute approximate surface area is 60.9 Å². The topological polar surface area (TPSA) is 81.1 Å². The van der Waals surface area contributed by atoms with E-state index < -0.39 is 0 Å². The summed E-state index contributed by atoms with van der Waals surface area (Å²) < 4.78 is 0. The fourth-order valence-corrected chi connectivity index (χ4v) is 0.810. The van der Waals surface area contributed by atoms with Crippen LogP contribution >= 0.6 is 0 Å². The fourth-order valence-electron chi connectivity index (χ4n) is 0.810. The Balaban J connectivity index is 3.74. The van der Waals surface area contributed by atoms with Crippen LogP contribution in [0.3, 0.4) is 0 Å². The maximum atomic E-state index is 10.4. The highest BCUT2D eigenvalue weighted by Gasteiger charge is 2.19. The molecule has 0 aliphatic carbocycles. The zero-order valence-electron chi connectivity index (χ0n) is 6.48. The van der Waals surface area contributed by atoms with Gasteiger partial charge in [-0.3, -0.25) is 16.1 Å². The van der Waals surface area contributed by atoms with Crippen molar-refractivity contribution in [1.82, 2.24) is 5.43 Å². The molecule has 0 bridgehead atoms. The van der Waals surface area contributed by atoms with Gasteiger partial charge in [-0.05, 0) is 5.41 Å². The molecule has 4 heteroatoms. The van der Waals surface area contributed by atoms with Crippen LogP contribution in [0, 0.1) is 5.41 Å². The van der Waals surface area contributed by atoms with Crippen LogP contribution in [0.2, 0.25) is 0 Å². The van der Waals surface area contributed by atoms with E-state index in [4.69, 9.17) is 11.6 Å². The largest absolute Gasteiger partial charge is 0.370 e. The summed E-state index contributed by atoms with van der Waals surface area (Å²) in [5.74, 6) is 4.80. The van der Waals surface area contributed by atoms with E-state index in [0.717, 1.165) is 0 Å². The highest BCUT2D eigenvalue weighted by atomic mass is 16.1. The number of hydrazine groups is 1. The molecule has 4 nitrogen and oxygen atoms in total. The van der Waals surface area contributed by atoms with Gasteiger partial charge in [0, 0.05) is 13.0 Å². The van der Waals surface area contributed by atoms with E-state index >= 15 is 0 Å². The summed E-state index contributed by atoms with van der Waals surface area (Å²) in [6.45, 7) is 4.45. The van der Waals surface area contributed by atoms with Gasteiger partial charge in [-0.25, -0.2) is 0 Å². The molecule has 10 heavy (non-hydrogen) atoms. The second kappa shape index (κ2) is 3.53. The molecular weight excluding hydrogens is 130 g/mol. The third kappa shape index (κ3) is 4.29. The van der Waals surface area contributed by atoms with E-state index in [0.29, 0.717) is 13.0 Å². The van der Waals surface area contributed by atoms with Crippen LogP contribution < -0.4 is 17.0 Å². The van der Waals surface area contributed by atoms with Gasteiger partial charge in [-0.1, -0.05) is 13.8 Å². The van der Waals surface area contributed by atoms with Gasteiger partial charge in [-0.2, -0.15) is 0 Å². The molecule has 0 atom stereocenters. The first-order chi connectivity index (χ1) is 4.48. The zero-order chi connectivity index (χ0) is 8.20. The van der Waals surface area contributed by atoms with Crippen molar-refractivity contribution in [2.24, 2.45) is 17.0 Å². The minimum Gasteiger partial charge on any atom is -0.370 e. The minimum atomic E-state index is -0.291. The number of carbonyl (C=O) groups excluding carboxylic acids is 1. The van der Waals surface area contributed by atoms with Crippen molar-refractivity contribution in [1.29, 1.82) is 0 Å². The number of hydrogen-bond donors (Lipinski definition) is 3. The molecule has 0 heterocycles. The predicted molar refractivity (Wildman–Crippen MR) is 39.8 cm³/mol. The number of primary amides is 1. The van der Waals surface area contributed by atoms with E-state index in [-0.39, 0.29) is 11.3 Å². The van der Waals surface area contributed by atoms with Gasteiger partial charge < -0.3 is 5.73 Å². The summed E-state index contributed by atoms with van der Waals surface area (Å²) in [5, 5.41) is 0. The minimum absolute atomic E-state index is 0.138. The van der Waals surface area contributed by atoms with Gasteiger partial charge in [0.25, 0.3) is 0 Å². The molecule has 0 aliphatic rings. The SMILES string of the molecule is CC(C)(CNN)CC(N)=O. The predicted octanol–water partition coefficient (Wildman–Crippen LogP) is -0.649. The van der Waals surface area contributed by atoms with Crippen LogP contribution in [-0.4, -0.2) is 12.5 Å². The Bertz CT molecular complexity index is 122.